The predicted octanol–water partition coefficient (Wildman–Crippen LogP) is 3.09. The molecule has 0 bridgehead atoms. The lowest BCUT2D eigenvalue weighted by Crippen LogP contribution is -2.64. The maximum atomic E-state index is 12.9. The number of hydrogen-bond acceptors (Lipinski definition) is 4. The Hall–Kier alpha value is -2.73. The Morgan fingerprint density at radius 3 is 2.42 bits per heavy atom. The van der Waals surface area contributed by atoms with Crippen LogP contribution >= 0.6 is 0 Å². The molecule has 2 atom stereocenters. The molecule has 1 spiro atoms. The number of anilines is 1. The van der Waals surface area contributed by atoms with Crippen LogP contribution in [0.1, 0.15) is 18.0 Å². The van der Waals surface area contributed by atoms with E-state index in [9.17, 15) is 14.9 Å². The van der Waals surface area contributed by atoms with Crippen LogP contribution in [0.3, 0.4) is 0 Å². The normalized spacial score (nSPS) is 25.8. The molecule has 0 unspecified atom stereocenters. The number of β-lactam (4-membered cyclic amide) rings is 1. The topological polar surface area (TPSA) is 72.7 Å². The Morgan fingerprint density at radius 1 is 1.12 bits per heavy atom. The van der Waals surface area contributed by atoms with E-state index in [1.165, 1.54) is 12.1 Å². The highest BCUT2D eigenvalue weighted by Gasteiger charge is 2.63. The Labute approximate surface area is 138 Å². The summed E-state index contributed by atoms with van der Waals surface area (Å²) in [5, 5.41) is 10.9. The van der Waals surface area contributed by atoms with Crippen LogP contribution in [0.4, 0.5) is 11.4 Å². The molecule has 1 amide bonds. The zero-order valence-electron chi connectivity index (χ0n) is 12.9. The quantitative estimate of drug-likeness (QED) is 0.494. The standard InChI is InChI=1S/C18H16N2O4/c21-17-18(10-11-24-12-18)16(19(17)14-4-2-1-3-5-14)13-6-8-15(9-7-13)20(22)23/h1-9,16H,10-12H2/t16-,18-/m1/s1. The molecule has 2 aromatic carbocycles. The Bertz CT molecular complexity index is 782. The second-order valence-corrected chi connectivity index (χ2v) is 6.22. The largest absolute Gasteiger partial charge is 0.380 e. The minimum atomic E-state index is -0.550. The number of nitro benzene ring substituents is 1. The third-order valence-electron chi connectivity index (χ3n) is 4.93. The summed E-state index contributed by atoms with van der Waals surface area (Å²) in [6.07, 6.45) is 0.677. The highest BCUT2D eigenvalue weighted by molar-refractivity contribution is 6.06. The van der Waals surface area contributed by atoms with Gasteiger partial charge in [-0.05, 0) is 24.1 Å². The van der Waals surface area contributed by atoms with Gasteiger partial charge in [-0.3, -0.25) is 14.9 Å². The number of amides is 1. The molecule has 2 heterocycles. The first-order valence-electron chi connectivity index (χ1n) is 7.84. The van der Waals surface area contributed by atoms with Crippen LogP contribution in [0.25, 0.3) is 0 Å². The van der Waals surface area contributed by atoms with E-state index in [-0.39, 0.29) is 17.6 Å². The lowest BCUT2D eigenvalue weighted by molar-refractivity contribution is -0.384. The molecule has 2 aliphatic rings. The third-order valence-corrected chi connectivity index (χ3v) is 4.93. The van der Waals surface area contributed by atoms with E-state index in [4.69, 9.17) is 4.74 Å². The van der Waals surface area contributed by atoms with Crippen LogP contribution in [-0.4, -0.2) is 24.0 Å². The number of para-hydroxylation sites is 1. The van der Waals surface area contributed by atoms with Crippen LogP contribution in [0, 0.1) is 15.5 Å². The van der Waals surface area contributed by atoms with Crippen molar-refractivity contribution in [3.63, 3.8) is 0 Å². The predicted molar refractivity (Wildman–Crippen MR) is 87.6 cm³/mol. The molecule has 0 N–H and O–H groups in total. The van der Waals surface area contributed by atoms with Gasteiger partial charge in [0.25, 0.3) is 5.69 Å². The molecular formula is C18H16N2O4. The SMILES string of the molecule is O=C1N(c2ccccc2)[C@H](c2ccc([N+](=O)[O-])cc2)[C@]12CCOC2. The third kappa shape index (κ3) is 2.03. The summed E-state index contributed by atoms with van der Waals surface area (Å²) in [6, 6.07) is 15.8. The molecule has 6 nitrogen and oxygen atoms in total. The number of hydrogen-bond donors (Lipinski definition) is 0. The average molecular weight is 324 g/mol. The number of ether oxygens (including phenoxy) is 1. The second-order valence-electron chi connectivity index (χ2n) is 6.22. The van der Waals surface area contributed by atoms with E-state index in [2.05, 4.69) is 0 Å². The van der Waals surface area contributed by atoms with E-state index < -0.39 is 10.3 Å². The number of non-ortho nitro benzene ring substituents is 1. The van der Waals surface area contributed by atoms with Crippen molar-refractivity contribution in [3.8, 4) is 0 Å². The van der Waals surface area contributed by atoms with Gasteiger partial charge >= 0.3 is 0 Å². The monoisotopic (exact) mass is 324 g/mol. The van der Waals surface area contributed by atoms with E-state index in [0.717, 1.165) is 11.3 Å². The fourth-order valence-electron chi connectivity index (χ4n) is 3.72. The minimum Gasteiger partial charge on any atom is -0.380 e. The van der Waals surface area contributed by atoms with E-state index in [0.29, 0.717) is 19.6 Å². The lowest BCUT2D eigenvalue weighted by atomic mass is 9.67. The Morgan fingerprint density at radius 2 is 1.83 bits per heavy atom. The summed E-state index contributed by atoms with van der Waals surface area (Å²) >= 11 is 0. The molecule has 6 heteroatoms. The molecule has 0 saturated carbocycles. The van der Waals surface area contributed by atoms with E-state index in [1.807, 2.05) is 30.3 Å². The van der Waals surface area contributed by atoms with Gasteiger partial charge in [0.2, 0.25) is 5.91 Å². The summed E-state index contributed by atoms with van der Waals surface area (Å²) in [5.74, 6) is 0.0644. The summed E-state index contributed by atoms with van der Waals surface area (Å²) < 4.78 is 5.51. The molecule has 4 rings (SSSR count). The van der Waals surface area contributed by atoms with Crippen LogP contribution in [0.5, 0.6) is 0 Å². The highest BCUT2D eigenvalue weighted by atomic mass is 16.6. The Kier molecular flexibility index (Phi) is 3.35. The molecule has 24 heavy (non-hydrogen) atoms. The zero-order chi connectivity index (χ0) is 16.7. The van der Waals surface area contributed by atoms with Gasteiger partial charge in [-0.2, -0.15) is 0 Å². The lowest BCUT2D eigenvalue weighted by Gasteiger charge is -2.54. The molecule has 122 valence electrons. The van der Waals surface area contributed by atoms with Crippen molar-refractivity contribution < 1.29 is 14.5 Å². The van der Waals surface area contributed by atoms with Crippen molar-refractivity contribution in [2.45, 2.75) is 12.5 Å². The van der Waals surface area contributed by atoms with Crippen molar-refractivity contribution in [2.24, 2.45) is 5.41 Å². The molecule has 0 aromatic heterocycles. The molecule has 2 saturated heterocycles. The number of benzene rings is 2. The fraction of sp³-hybridized carbons (Fsp3) is 0.278. The molecular weight excluding hydrogens is 308 g/mol. The number of carbonyl (C=O) groups is 1. The smallest absolute Gasteiger partial charge is 0.269 e. The van der Waals surface area contributed by atoms with Crippen molar-refractivity contribution in [1.82, 2.24) is 0 Å². The molecule has 0 aliphatic carbocycles. The van der Waals surface area contributed by atoms with Crippen LogP contribution in [0.15, 0.2) is 54.6 Å². The molecule has 2 aliphatic heterocycles. The van der Waals surface area contributed by atoms with Gasteiger partial charge in [0.15, 0.2) is 0 Å². The van der Waals surface area contributed by atoms with Gasteiger partial charge in [0.05, 0.1) is 17.6 Å². The highest BCUT2D eigenvalue weighted by Crippen LogP contribution is 2.56. The fourth-order valence-corrected chi connectivity index (χ4v) is 3.72. The van der Waals surface area contributed by atoms with Crippen molar-refractivity contribution >= 4 is 17.3 Å². The Balaban J connectivity index is 1.75. The second kappa shape index (κ2) is 5.42. The van der Waals surface area contributed by atoms with Gasteiger partial charge < -0.3 is 9.64 Å². The van der Waals surface area contributed by atoms with Gasteiger partial charge in [-0.25, -0.2) is 0 Å². The van der Waals surface area contributed by atoms with Crippen LogP contribution < -0.4 is 4.90 Å². The maximum Gasteiger partial charge on any atom is 0.269 e. The van der Waals surface area contributed by atoms with Gasteiger partial charge in [0, 0.05) is 24.4 Å². The first kappa shape index (κ1) is 14.8. The average Bonchev–Trinajstić information content (AvgIpc) is 3.12. The molecule has 2 aromatic rings. The summed E-state index contributed by atoms with van der Waals surface area (Å²) in [4.78, 5) is 25.1. The van der Waals surface area contributed by atoms with Crippen molar-refractivity contribution in [1.29, 1.82) is 0 Å². The van der Waals surface area contributed by atoms with Gasteiger partial charge in [-0.15, -0.1) is 0 Å². The zero-order valence-corrected chi connectivity index (χ0v) is 12.9. The maximum absolute atomic E-state index is 12.9. The first-order chi connectivity index (χ1) is 11.6. The number of nitrogens with zero attached hydrogens (tertiary/aromatic N) is 2. The van der Waals surface area contributed by atoms with Crippen molar-refractivity contribution in [3.05, 3.63) is 70.3 Å². The van der Waals surface area contributed by atoms with Crippen LogP contribution in [-0.2, 0) is 9.53 Å². The summed E-state index contributed by atoms with van der Waals surface area (Å²) in [7, 11) is 0. The number of rotatable bonds is 3. The summed E-state index contributed by atoms with van der Waals surface area (Å²) in [6.45, 7) is 0.967. The van der Waals surface area contributed by atoms with Crippen LogP contribution in [0.2, 0.25) is 0 Å². The minimum absolute atomic E-state index is 0.0485. The number of carbonyl (C=O) groups excluding carboxylic acids is 1. The van der Waals surface area contributed by atoms with E-state index >= 15 is 0 Å². The molecule has 0 radical (unpaired) electrons. The van der Waals surface area contributed by atoms with Gasteiger partial charge in [0.1, 0.15) is 5.41 Å². The summed E-state index contributed by atoms with van der Waals surface area (Å²) in [5.41, 5.74) is 1.23. The van der Waals surface area contributed by atoms with Gasteiger partial charge in [-0.1, -0.05) is 30.3 Å². The first-order valence-corrected chi connectivity index (χ1v) is 7.84. The molecule has 2 fully saturated rings. The van der Waals surface area contributed by atoms with Crippen molar-refractivity contribution in [2.75, 3.05) is 18.1 Å². The van der Waals surface area contributed by atoms with E-state index in [1.54, 1.807) is 17.0 Å². The number of nitro groups is 1.